The maximum absolute atomic E-state index is 13.4. The molecule has 1 aliphatic rings. The van der Waals surface area contributed by atoms with Crippen molar-refractivity contribution in [3.63, 3.8) is 0 Å². The molecule has 9 nitrogen and oxygen atoms in total. The van der Waals surface area contributed by atoms with Crippen LogP contribution < -0.4 is 5.32 Å². The molecule has 1 aliphatic heterocycles. The van der Waals surface area contributed by atoms with Crippen LogP contribution in [-0.2, 0) is 32.2 Å². The maximum Gasteiger partial charge on any atom is 0.408 e. The van der Waals surface area contributed by atoms with Gasteiger partial charge in [0.05, 0.1) is 24.7 Å². The Labute approximate surface area is 213 Å². The van der Waals surface area contributed by atoms with Crippen LogP contribution in [0.25, 0.3) is 0 Å². The van der Waals surface area contributed by atoms with Crippen molar-refractivity contribution in [3.05, 3.63) is 47.5 Å². The molecule has 2 heterocycles. The van der Waals surface area contributed by atoms with E-state index in [4.69, 9.17) is 9.47 Å². The number of carbonyl (C=O) groups excluding carboxylic acids is 3. The summed E-state index contributed by atoms with van der Waals surface area (Å²) < 4.78 is 13.3. The Balaban J connectivity index is 1.80. The second-order valence-corrected chi connectivity index (χ2v) is 11.0. The maximum atomic E-state index is 13.4. The van der Waals surface area contributed by atoms with Crippen LogP contribution in [0.3, 0.4) is 0 Å². The number of nitrogens with zero attached hydrogens (tertiary/aromatic N) is 3. The second kappa shape index (κ2) is 11.3. The van der Waals surface area contributed by atoms with Gasteiger partial charge in [0, 0.05) is 18.9 Å². The number of benzene rings is 1. The molecule has 0 radical (unpaired) electrons. The van der Waals surface area contributed by atoms with Gasteiger partial charge in [0.25, 0.3) is 0 Å². The van der Waals surface area contributed by atoms with E-state index < -0.39 is 23.2 Å². The van der Waals surface area contributed by atoms with Crippen LogP contribution in [-0.4, -0.2) is 50.2 Å². The summed E-state index contributed by atoms with van der Waals surface area (Å²) in [7, 11) is 0. The average Bonchev–Trinajstić information content (AvgIpc) is 3.21. The van der Waals surface area contributed by atoms with Gasteiger partial charge in [-0.05, 0) is 59.9 Å². The van der Waals surface area contributed by atoms with Crippen molar-refractivity contribution in [2.24, 2.45) is 0 Å². The minimum atomic E-state index is -1.16. The highest BCUT2D eigenvalue weighted by molar-refractivity contribution is 5.91. The molecule has 1 unspecified atom stereocenters. The molecule has 0 saturated carbocycles. The number of hydrogen-bond acceptors (Lipinski definition) is 7. The molecule has 1 aromatic heterocycles. The Bertz CT molecular complexity index is 1070. The number of ketones is 2. The molecular formula is C27H38N4O5. The molecule has 1 aromatic carbocycles. The van der Waals surface area contributed by atoms with Crippen molar-refractivity contribution in [1.82, 2.24) is 20.1 Å². The fourth-order valence-corrected chi connectivity index (χ4v) is 4.31. The van der Waals surface area contributed by atoms with Gasteiger partial charge in [-0.1, -0.05) is 30.3 Å². The third kappa shape index (κ3) is 7.22. The molecule has 1 N–H and O–H groups in total. The summed E-state index contributed by atoms with van der Waals surface area (Å²) in [5.41, 5.74) is -0.813. The van der Waals surface area contributed by atoms with Crippen molar-refractivity contribution in [2.45, 2.75) is 96.9 Å². The first-order valence-electron chi connectivity index (χ1n) is 12.5. The summed E-state index contributed by atoms with van der Waals surface area (Å²) in [6, 6.07) is 9.79. The van der Waals surface area contributed by atoms with Gasteiger partial charge in [0.15, 0.2) is 5.78 Å². The van der Waals surface area contributed by atoms with Crippen molar-refractivity contribution in [1.29, 1.82) is 0 Å². The van der Waals surface area contributed by atoms with Crippen LogP contribution in [0.2, 0.25) is 0 Å². The number of ether oxygens (including phenoxy) is 2. The third-order valence-corrected chi connectivity index (χ3v) is 6.22. The van der Waals surface area contributed by atoms with E-state index in [0.717, 1.165) is 18.4 Å². The Morgan fingerprint density at radius 3 is 2.44 bits per heavy atom. The van der Waals surface area contributed by atoms with Gasteiger partial charge in [0.2, 0.25) is 0 Å². The minimum Gasteiger partial charge on any atom is -0.444 e. The van der Waals surface area contributed by atoms with Gasteiger partial charge in [-0.25, -0.2) is 4.79 Å². The lowest BCUT2D eigenvalue weighted by Gasteiger charge is -2.29. The lowest BCUT2D eigenvalue weighted by molar-refractivity contribution is -0.125. The molecule has 9 heteroatoms. The van der Waals surface area contributed by atoms with Crippen LogP contribution in [0.1, 0.15) is 89.9 Å². The average molecular weight is 499 g/mol. The summed E-state index contributed by atoms with van der Waals surface area (Å²) >= 11 is 0. The fourth-order valence-electron chi connectivity index (χ4n) is 4.31. The number of rotatable bonds is 10. The quantitative estimate of drug-likeness (QED) is 0.519. The largest absolute Gasteiger partial charge is 0.444 e. The van der Waals surface area contributed by atoms with Crippen molar-refractivity contribution < 1.29 is 23.9 Å². The fraction of sp³-hybridized carbons (Fsp3) is 0.593. The number of aromatic nitrogens is 3. The highest BCUT2D eigenvalue weighted by Gasteiger charge is 2.36. The molecule has 0 aliphatic carbocycles. The van der Waals surface area contributed by atoms with E-state index in [1.165, 1.54) is 0 Å². The number of amides is 1. The molecule has 3 rings (SSSR count). The lowest BCUT2D eigenvalue weighted by Crippen LogP contribution is -2.51. The first-order chi connectivity index (χ1) is 16.9. The predicted octanol–water partition coefficient (Wildman–Crippen LogP) is 4.31. The van der Waals surface area contributed by atoms with Gasteiger partial charge in [-0.15, -0.1) is 10.2 Å². The van der Waals surface area contributed by atoms with Crippen molar-refractivity contribution in [2.75, 3.05) is 6.61 Å². The first-order valence-corrected chi connectivity index (χ1v) is 12.5. The number of hydrogen-bond donors (Lipinski definition) is 1. The van der Waals surface area contributed by atoms with E-state index in [1.807, 2.05) is 34.9 Å². The van der Waals surface area contributed by atoms with Gasteiger partial charge < -0.3 is 19.4 Å². The molecule has 2 aromatic rings. The van der Waals surface area contributed by atoms with Gasteiger partial charge >= 0.3 is 6.09 Å². The normalized spacial score (nSPS) is 16.7. The molecule has 0 spiro atoms. The summed E-state index contributed by atoms with van der Waals surface area (Å²) in [6.07, 6.45) is 1.01. The lowest BCUT2D eigenvalue weighted by atomic mass is 9.90. The second-order valence-electron chi connectivity index (χ2n) is 11.0. The van der Waals surface area contributed by atoms with Crippen molar-refractivity contribution >= 4 is 17.7 Å². The van der Waals surface area contributed by atoms with Crippen LogP contribution in [0.5, 0.6) is 0 Å². The van der Waals surface area contributed by atoms with Crippen LogP contribution in [0.4, 0.5) is 4.79 Å². The van der Waals surface area contributed by atoms with E-state index in [9.17, 15) is 14.4 Å². The SMILES string of the molecule is CC(=O)C1CCCn2c1nnc2[C@@H](COCc1ccccc1)CC(=O)C(C)(C)NC(=O)OC(C)(C)C. The molecule has 36 heavy (non-hydrogen) atoms. The van der Waals surface area contributed by atoms with Crippen LogP contribution in [0.15, 0.2) is 30.3 Å². The van der Waals surface area contributed by atoms with E-state index in [1.54, 1.807) is 41.5 Å². The standard InChI is InChI=1S/C27H38N4O5/c1-18(32)21-13-10-14-31-23(29-30-24(21)31)20(17-35-16-19-11-8-7-9-12-19)15-22(33)27(5,6)28-25(34)36-26(2,3)4/h7-9,11-12,20-21H,10,13-17H2,1-6H3,(H,28,34)/t20-,21?/m1/s1. The summed E-state index contributed by atoms with van der Waals surface area (Å²) in [5.74, 6) is 0.476. The number of fused-ring (bicyclic) bond motifs is 1. The first kappa shape index (κ1) is 27.5. The van der Waals surface area contributed by atoms with Gasteiger partial charge in [0.1, 0.15) is 23.0 Å². The third-order valence-electron chi connectivity index (χ3n) is 6.22. The Morgan fingerprint density at radius 2 is 1.81 bits per heavy atom. The van der Waals surface area contributed by atoms with Gasteiger partial charge in [-0.2, -0.15) is 0 Å². The van der Waals surface area contributed by atoms with E-state index in [-0.39, 0.29) is 30.5 Å². The monoisotopic (exact) mass is 498 g/mol. The molecule has 196 valence electrons. The van der Waals surface area contributed by atoms with Crippen LogP contribution >= 0.6 is 0 Å². The number of nitrogens with one attached hydrogen (secondary N) is 1. The zero-order valence-corrected chi connectivity index (χ0v) is 22.2. The zero-order valence-electron chi connectivity index (χ0n) is 22.2. The summed E-state index contributed by atoms with van der Waals surface area (Å²) in [5, 5.41) is 11.4. The van der Waals surface area contributed by atoms with Crippen LogP contribution in [0, 0.1) is 0 Å². The Kier molecular flexibility index (Phi) is 8.66. The Morgan fingerprint density at radius 1 is 1.11 bits per heavy atom. The Hall–Kier alpha value is -3.07. The highest BCUT2D eigenvalue weighted by atomic mass is 16.6. The number of Topliss-reactive ketones (excluding diaryl/α,β-unsaturated/α-hetero) is 2. The predicted molar refractivity (Wildman–Crippen MR) is 135 cm³/mol. The topological polar surface area (TPSA) is 112 Å². The van der Waals surface area contributed by atoms with Crippen molar-refractivity contribution in [3.8, 4) is 0 Å². The highest BCUT2D eigenvalue weighted by Crippen LogP contribution is 2.31. The molecule has 1 amide bonds. The molecule has 0 saturated heterocycles. The number of alkyl carbamates (subject to hydrolysis) is 1. The van der Waals surface area contributed by atoms with E-state index in [0.29, 0.717) is 24.8 Å². The van der Waals surface area contributed by atoms with E-state index >= 15 is 0 Å². The summed E-state index contributed by atoms with van der Waals surface area (Å²) in [4.78, 5) is 37.9. The molecular weight excluding hydrogens is 460 g/mol. The summed E-state index contributed by atoms with van der Waals surface area (Å²) in [6.45, 7) is 11.5. The smallest absolute Gasteiger partial charge is 0.408 e. The van der Waals surface area contributed by atoms with Gasteiger partial charge in [-0.3, -0.25) is 9.59 Å². The zero-order chi connectivity index (χ0) is 26.5. The molecule has 2 atom stereocenters. The minimum absolute atomic E-state index is 0.0607. The molecule has 0 bridgehead atoms. The number of carbonyl (C=O) groups is 3. The van der Waals surface area contributed by atoms with E-state index in [2.05, 4.69) is 15.5 Å². The molecule has 0 fully saturated rings.